The van der Waals surface area contributed by atoms with Gasteiger partial charge in [-0.1, -0.05) is 19.1 Å². The Labute approximate surface area is 96.0 Å². The topological polar surface area (TPSA) is 29.5 Å². The Morgan fingerprint density at radius 2 is 2.25 bits per heavy atom. The molecule has 0 spiro atoms. The summed E-state index contributed by atoms with van der Waals surface area (Å²) in [5.41, 5.74) is 3.53. The van der Waals surface area contributed by atoms with Gasteiger partial charge in [0.15, 0.2) is 0 Å². The highest BCUT2D eigenvalue weighted by atomic mass is 16.6. The molecule has 1 amide bonds. The van der Waals surface area contributed by atoms with E-state index in [-0.39, 0.29) is 6.09 Å². The zero-order valence-electron chi connectivity index (χ0n) is 9.82. The van der Waals surface area contributed by atoms with Crippen LogP contribution in [0.4, 0.5) is 10.5 Å². The summed E-state index contributed by atoms with van der Waals surface area (Å²) in [6.07, 6.45) is 1.69. The van der Waals surface area contributed by atoms with Crippen LogP contribution in [0, 0.1) is 0 Å². The number of amides is 1. The highest BCUT2D eigenvalue weighted by Crippen LogP contribution is 2.29. The SMILES string of the molecule is CCOC(=O)N1CCc2ccc(CC)cc21. The van der Waals surface area contributed by atoms with E-state index < -0.39 is 0 Å². The van der Waals surface area contributed by atoms with E-state index in [1.165, 1.54) is 11.1 Å². The molecule has 0 aliphatic carbocycles. The number of anilines is 1. The molecule has 1 aromatic rings. The summed E-state index contributed by atoms with van der Waals surface area (Å²) in [5.74, 6) is 0. The van der Waals surface area contributed by atoms with Gasteiger partial charge >= 0.3 is 6.09 Å². The fourth-order valence-electron chi connectivity index (χ4n) is 2.04. The van der Waals surface area contributed by atoms with E-state index in [9.17, 15) is 4.79 Å². The number of carbonyl (C=O) groups excluding carboxylic acids is 1. The molecule has 86 valence electrons. The smallest absolute Gasteiger partial charge is 0.414 e. The molecule has 1 heterocycles. The quantitative estimate of drug-likeness (QED) is 0.765. The molecule has 1 aliphatic rings. The summed E-state index contributed by atoms with van der Waals surface area (Å²) in [6, 6.07) is 6.35. The third-order valence-electron chi connectivity index (χ3n) is 2.94. The van der Waals surface area contributed by atoms with Crippen LogP contribution in [-0.4, -0.2) is 19.2 Å². The van der Waals surface area contributed by atoms with E-state index >= 15 is 0 Å². The fraction of sp³-hybridized carbons (Fsp3) is 0.462. The van der Waals surface area contributed by atoms with Gasteiger partial charge in [-0.3, -0.25) is 4.90 Å². The van der Waals surface area contributed by atoms with Crippen molar-refractivity contribution in [2.24, 2.45) is 0 Å². The van der Waals surface area contributed by atoms with Crippen molar-refractivity contribution in [3.63, 3.8) is 0 Å². The first-order chi connectivity index (χ1) is 7.76. The lowest BCUT2D eigenvalue weighted by molar-refractivity contribution is 0.160. The Hall–Kier alpha value is -1.51. The molecular formula is C13H17NO2. The van der Waals surface area contributed by atoms with Crippen molar-refractivity contribution in [1.29, 1.82) is 0 Å². The van der Waals surface area contributed by atoms with E-state index in [4.69, 9.17) is 4.74 Å². The summed E-state index contributed by atoms with van der Waals surface area (Å²) in [5, 5.41) is 0. The lowest BCUT2D eigenvalue weighted by Crippen LogP contribution is -2.29. The number of hydrogen-bond acceptors (Lipinski definition) is 2. The average molecular weight is 219 g/mol. The third-order valence-corrected chi connectivity index (χ3v) is 2.94. The van der Waals surface area contributed by atoms with Gasteiger partial charge in [0.25, 0.3) is 0 Å². The van der Waals surface area contributed by atoms with Crippen molar-refractivity contribution in [3.8, 4) is 0 Å². The maximum absolute atomic E-state index is 11.7. The second kappa shape index (κ2) is 4.56. The maximum atomic E-state index is 11.7. The van der Waals surface area contributed by atoms with Gasteiger partial charge in [-0.25, -0.2) is 4.79 Å². The molecule has 0 saturated heterocycles. The largest absolute Gasteiger partial charge is 0.449 e. The fourth-order valence-corrected chi connectivity index (χ4v) is 2.04. The van der Waals surface area contributed by atoms with Gasteiger partial charge in [0.05, 0.1) is 12.3 Å². The zero-order valence-corrected chi connectivity index (χ0v) is 9.82. The van der Waals surface area contributed by atoms with Gasteiger partial charge < -0.3 is 4.74 Å². The van der Waals surface area contributed by atoms with Gasteiger partial charge in [0, 0.05) is 6.54 Å². The molecular weight excluding hydrogens is 202 g/mol. The van der Waals surface area contributed by atoms with E-state index in [1.807, 2.05) is 6.92 Å². The van der Waals surface area contributed by atoms with Crippen LogP contribution in [0.2, 0.25) is 0 Å². The van der Waals surface area contributed by atoms with Crippen LogP contribution < -0.4 is 4.90 Å². The van der Waals surface area contributed by atoms with Crippen LogP contribution >= 0.6 is 0 Å². The van der Waals surface area contributed by atoms with Crippen LogP contribution in [0.3, 0.4) is 0 Å². The van der Waals surface area contributed by atoms with Gasteiger partial charge in [-0.2, -0.15) is 0 Å². The highest BCUT2D eigenvalue weighted by Gasteiger charge is 2.25. The first kappa shape index (κ1) is 11.0. The van der Waals surface area contributed by atoms with Crippen LogP contribution in [0.5, 0.6) is 0 Å². The minimum atomic E-state index is -0.227. The van der Waals surface area contributed by atoms with Crippen LogP contribution in [0.25, 0.3) is 0 Å². The van der Waals surface area contributed by atoms with Gasteiger partial charge in [0.1, 0.15) is 0 Å². The van der Waals surface area contributed by atoms with E-state index in [0.29, 0.717) is 6.61 Å². The van der Waals surface area contributed by atoms with E-state index in [1.54, 1.807) is 4.90 Å². The molecule has 0 N–H and O–H groups in total. The number of carbonyl (C=O) groups is 1. The average Bonchev–Trinajstić information content (AvgIpc) is 2.71. The molecule has 0 fully saturated rings. The lowest BCUT2D eigenvalue weighted by Gasteiger charge is -2.16. The Balaban J connectivity index is 2.27. The molecule has 1 aliphatic heterocycles. The molecule has 0 aromatic heterocycles. The van der Waals surface area contributed by atoms with Gasteiger partial charge in [0.2, 0.25) is 0 Å². The molecule has 0 radical (unpaired) electrons. The number of fused-ring (bicyclic) bond motifs is 1. The standard InChI is InChI=1S/C13H17NO2/c1-3-10-5-6-11-7-8-14(12(11)9-10)13(15)16-4-2/h5-6,9H,3-4,7-8H2,1-2H3. The second-order valence-electron chi connectivity index (χ2n) is 3.92. The summed E-state index contributed by atoms with van der Waals surface area (Å²) in [6.45, 7) is 5.11. The molecule has 0 atom stereocenters. The molecule has 16 heavy (non-hydrogen) atoms. The number of benzene rings is 1. The van der Waals surface area contributed by atoms with E-state index in [2.05, 4.69) is 25.1 Å². The molecule has 0 saturated carbocycles. The first-order valence-corrected chi connectivity index (χ1v) is 5.82. The normalized spacial score (nSPS) is 13.8. The lowest BCUT2D eigenvalue weighted by atomic mass is 10.1. The molecule has 2 rings (SSSR count). The summed E-state index contributed by atoms with van der Waals surface area (Å²) >= 11 is 0. The number of nitrogens with zero attached hydrogens (tertiary/aromatic N) is 1. The third kappa shape index (κ3) is 1.90. The molecule has 0 unspecified atom stereocenters. The summed E-state index contributed by atoms with van der Waals surface area (Å²) in [4.78, 5) is 13.4. The number of rotatable bonds is 2. The van der Waals surface area contributed by atoms with Crippen molar-refractivity contribution in [1.82, 2.24) is 0 Å². The summed E-state index contributed by atoms with van der Waals surface area (Å²) in [7, 11) is 0. The maximum Gasteiger partial charge on any atom is 0.414 e. The Bertz CT molecular complexity index is 401. The molecule has 3 nitrogen and oxygen atoms in total. The summed E-state index contributed by atoms with van der Waals surface area (Å²) < 4.78 is 5.04. The van der Waals surface area contributed by atoms with Crippen molar-refractivity contribution >= 4 is 11.8 Å². The minimum Gasteiger partial charge on any atom is -0.449 e. The molecule has 0 bridgehead atoms. The molecule has 3 heteroatoms. The predicted molar refractivity (Wildman–Crippen MR) is 63.9 cm³/mol. The Morgan fingerprint density at radius 3 is 2.94 bits per heavy atom. The van der Waals surface area contributed by atoms with Crippen molar-refractivity contribution in [3.05, 3.63) is 29.3 Å². The van der Waals surface area contributed by atoms with Crippen LogP contribution in [-0.2, 0) is 17.6 Å². The Kier molecular flexibility index (Phi) is 3.13. The number of ether oxygens (including phenoxy) is 1. The zero-order chi connectivity index (χ0) is 11.5. The number of hydrogen-bond donors (Lipinski definition) is 0. The monoisotopic (exact) mass is 219 g/mol. The van der Waals surface area contributed by atoms with Crippen molar-refractivity contribution < 1.29 is 9.53 Å². The van der Waals surface area contributed by atoms with E-state index in [0.717, 1.165) is 25.1 Å². The Morgan fingerprint density at radius 1 is 1.44 bits per heavy atom. The van der Waals surface area contributed by atoms with Gasteiger partial charge in [-0.05, 0) is 37.0 Å². The number of aryl methyl sites for hydroxylation is 1. The van der Waals surface area contributed by atoms with Crippen LogP contribution in [0.1, 0.15) is 25.0 Å². The van der Waals surface area contributed by atoms with Crippen molar-refractivity contribution in [2.45, 2.75) is 26.7 Å². The van der Waals surface area contributed by atoms with Gasteiger partial charge in [-0.15, -0.1) is 0 Å². The first-order valence-electron chi connectivity index (χ1n) is 5.82. The van der Waals surface area contributed by atoms with Crippen molar-refractivity contribution in [2.75, 3.05) is 18.1 Å². The minimum absolute atomic E-state index is 0.227. The predicted octanol–water partition coefficient (Wildman–Crippen LogP) is 2.77. The highest BCUT2D eigenvalue weighted by molar-refractivity contribution is 5.90. The second-order valence-corrected chi connectivity index (χ2v) is 3.92. The van der Waals surface area contributed by atoms with Crippen LogP contribution in [0.15, 0.2) is 18.2 Å². The molecule has 1 aromatic carbocycles.